The molecule has 3 saturated carbocycles. The zero-order valence-electron chi connectivity index (χ0n) is 69.7. The summed E-state index contributed by atoms with van der Waals surface area (Å²) < 4.78 is 6.52. The molecule has 118 heavy (non-hydrogen) atoms. The zero-order valence-corrected chi connectivity index (χ0v) is 69.7. The van der Waals surface area contributed by atoms with Crippen molar-refractivity contribution in [3.63, 3.8) is 0 Å². The number of carbonyl (C=O) groups excluding carboxylic acids is 4. The second-order valence-electron chi connectivity index (χ2n) is 33.5. The van der Waals surface area contributed by atoms with Gasteiger partial charge in [0.2, 0.25) is 0 Å². The number of hydrogen-bond acceptors (Lipinski definition) is 16. The predicted octanol–water partition coefficient (Wildman–Crippen LogP) is 14.9. The fourth-order valence-electron chi connectivity index (χ4n) is 19.2. The van der Waals surface area contributed by atoms with Gasteiger partial charge in [-0.2, -0.15) is 15.8 Å². The number of nitriles is 3. The van der Waals surface area contributed by atoms with Crippen LogP contribution in [0.2, 0.25) is 0 Å². The Hall–Kier alpha value is -12.0. The van der Waals surface area contributed by atoms with Crippen LogP contribution in [0, 0.1) is 34.0 Å². The molecule has 3 saturated heterocycles. The maximum absolute atomic E-state index is 12.8. The number of pyridine rings is 3. The number of amides is 3. The molecular weight excluding hydrogens is 1470 g/mol. The summed E-state index contributed by atoms with van der Waals surface area (Å²) in [6.07, 6.45) is 25.0. The first-order chi connectivity index (χ1) is 57.2. The molecule has 6 fully saturated rings. The van der Waals surface area contributed by atoms with Crippen molar-refractivity contribution in [3.8, 4) is 18.2 Å². The molecule has 6 aliphatic rings. The highest BCUT2D eigenvalue weighted by molar-refractivity contribution is 6.05. The van der Waals surface area contributed by atoms with Gasteiger partial charge in [0.05, 0.1) is 68.5 Å². The van der Waals surface area contributed by atoms with Crippen LogP contribution < -0.4 is 20.0 Å². The third-order valence-corrected chi connectivity index (χ3v) is 25.5. The number of nitrogens with zero attached hydrogens (tertiary/aromatic N) is 17. The molecule has 9 heterocycles. The van der Waals surface area contributed by atoms with Gasteiger partial charge in [-0.1, -0.05) is 18.2 Å². The van der Waals surface area contributed by atoms with Crippen LogP contribution in [0.1, 0.15) is 159 Å². The van der Waals surface area contributed by atoms with E-state index in [0.29, 0.717) is 70.7 Å². The van der Waals surface area contributed by atoms with Crippen LogP contribution in [-0.2, 0) is 25.9 Å². The van der Waals surface area contributed by atoms with E-state index in [1.165, 1.54) is 95.2 Å². The first-order valence-electron chi connectivity index (χ1n) is 41.9. The largest absolute Gasteiger partial charge is 0.367 e. The minimum atomic E-state index is 0.0208. The fourth-order valence-corrected chi connectivity index (χ4v) is 19.2. The monoisotopic (exact) mass is 1580 g/mol. The van der Waals surface area contributed by atoms with Crippen molar-refractivity contribution in [2.45, 2.75) is 107 Å². The first kappa shape index (κ1) is 81.2. The molecule has 12 aromatic rings. The van der Waals surface area contributed by atoms with Crippen LogP contribution >= 0.6 is 0 Å². The van der Waals surface area contributed by atoms with Gasteiger partial charge < -0.3 is 48.4 Å². The van der Waals surface area contributed by atoms with E-state index in [1.54, 1.807) is 57.0 Å². The number of rotatable bonds is 11. The molecule has 6 aromatic carbocycles. The quantitative estimate of drug-likeness (QED) is 0.127. The highest BCUT2D eigenvalue weighted by Crippen LogP contribution is 2.43. The number of nitrogens with one attached hydrogen (secondary N) is 1. The Balaban J connectivity index is 0.000000129. The van der Waals surface area contributed by atoms with Crippen LogP contribution in [0.3, 0.4) is 0 Å². The summed E-state index contributed by atoms with van der Waals surface area (Å²) in [4.78, 5) is 80.4. The van der Waals surface area contributed by atoms with Gasteiger partial charge in [-0.3, -0.25) is 43.9 Å². The van der Waals surface area contributed by atoms with E-state index in [4.69, 9.17) is 5.26 Å². The topological polar surface area (TPSA) is 231 Å². The van der Waals surface area contributed by atoms with Crippen molar-refractivity contribution in [2.24, 2.45) is 21.1 Å². The van der Waals surface area contributed by atoms with E-state index in [0.717, 1.165) is 158 Å². The van der Waals surface area contributed by atoms with E-state index in [9.17, 15) is 29.7 Å². The first-order valence-corrected chi connectivity index (χ1v) is 41.9. The number of anilines is 3. The minimum absolute atomic E-state index is 0.0208. The lowest BCUT2D eigenvalue weighted by molar-refractivity contribution is -0.120. The van der Waals surface area contributed by atoms with Gasteiger partial charge in [0, 0.05) is 270 Å². The molecule has 0 unspecified atom stereocenters. The molecule has 0 spiro atoms. The van der Waals surface area contributed by atoms with Crippen LogP contribution in [-0.4, -0.2) is 210 Å². The summed E-state index contributed by atoms with van der Waals surface area (Å²) in [5.74, 6) is 2.01. The standard InChI is InChI=1S/2C32H36N6O.C16H20N4O.C16H16N2O/c2*1-35(2)32(39)25-18-24-5-4-12-34-31(24)30(19-25)38-15-13-37(14-16-38)26-9-7-23(8-10-26)28-21-36(3)29-11-6-22(20-33)17-27(28)29;1-19(2)16(21)13-10-12-4-3-5-18-15(12)14(11-13)20-8-6-17-7-9-20;1-18-10-15(12-3-5-13(19)6-4-12)14-8-11(9-17)2-7-16(14)18/h2*4-6,11-12,17-19,21,23,26H,7-10,13-16H2,1-3H3;3-5,10-11,17H,6-9H2,1-2H3;2,7-8,10,12H,3-6H2,1H3. The molecule has 18 rings (SSSR count). The van der Waals surface area contributed by atoms with Crippen LogP contribution in [0.15, 0.2) is 165 Å². The molecule has 3 aliphatic heterocycles. The Bertz CT molecular complexity index is 5610. The molecule has 606 valence electrons. The summed E-state index contributed by atoms with van der Waals surface area (Å²) in [7, 11) is 17.0. The Labute approximate surface area is 692 Å². The predicted molar refractivity (Wildman–Crippen MR) is 471 cm³/mol. The van der Waals surface area contributed by atoms with Crippen molar-refractivity contribution in [3.05, 3.63) is 215 Å². The number of Topliss-reactive ketones (excluding diaryl/α,β-unsaturated/α-hetero) is 1. The number of aryl methyl sites for hydroxylation is 3. The van der Waals surface area contributed by atoms with Crippen molar-refractivity contribution in [2.75, 3.05) is 136 Å². The van der Waals surface area contributed by atoms with Crippen molar-refractivity contribution >= 4 is 106 Å². The second-order valence-corrected chi connectivity index (χ2v) is 33.5. The molecule has 6 aromatic heterocycles. The average molecular weight is 1580 g/mol. The zero-order chi connectivity index (χ0) is 82.4. The number of fused-ring (bicyclic) bond motifs is 6. The summed E-state index contributed by atoms with van der Waals surface area (Å²) in [6.45, 7) is 11.6. The normalized spacial score (nSPS) is 18.8. The summed E-state index contributed by atoms with van der Waals surface area (Å²) in [5.41, 5.74) is 18.1. The molecule has 3 aliphatic carbocycles. The molecular formula is C96H108N18O4. The number of ketones is 1. The number of carbonyl (C=O) groups is 4. The Morgan fingerprint density at radius 1 is 0.390 bits per heavy atom. The van der Waals surface area contributed by atoms with Crippen molar-refractivity contribution in [1.82, 2.24) is 58.5 Å². The third kappa shape index (κ3) is 17.4. The number of aromatic nitrogens is 6. The van der Waals surface area contributed by atoms with Gasteiger partial charge in [-0.15, -0.1) is 0 Å². The number of hydrogen-bond donors (Lipinski definition) is 1. The SMILES string of the molecule is CN(C)C(=O)c1cc(N2CCN(C3CCC(c4cn(C)c5ccc(C#N)cc45)CC3)CC2)c2ncccc2c1.CN(C)C(=O)c1cc(N2CCN(C3CCC(c4cn(C)c5ccc(C#N)cc45)CC3)CC2)c2ncccc2c1.CN(C)C(=O)c1cc(N2CCNCC2)c2ncccc2c1.Cn1cc(C2CCC(=O)CC2)c2cc(C#N)ccc21. The van der Waals surface area contributed by atoms with E-state index in [-0.39, 0.29) is 17.7 Å². The molecule has 0 atom stereocenters. The Morgan fingerprint density at radius 3 is 1.00 bits per heavy atom. The van der Waals surface area contributed by atoms with Crippen molar-refractivity contribution < 1.29 is 19.2 Å². The van der Waals surface area contributed by atoms with E-state index in [1.807, 2.05) is 129 Å². The lowest BCUT2D eigenvalue weighted by atomic mass is 9.81. The van der Waals surface area contributed by atoms with Gasteiger partial charge in [0.15, 0.2) is 0 Å². The van der Waals surface area contributed by atoms with Crippen LogP contribution in [0.5, 0.6) is 0 Å². The van der Waals surface area contributed by atoms with E-state index >= 15 is 0 Å². The average Bonchev–Trinajstić information content (AvgIpc) is 1.37. The molecule has 22 heteroatoms. The highest BCUT2D eigenvalue weighted by atomic mass is 16.2. The Morgan fingerprint density at radius 2 is 0.695 bits per heavy atom. The van der Waals surface area contributed by atoms with Gasteiger partial charge in [0.1, 0.15) is 5.78 Å². The lowest BCUT2D eigenvalue weighted by Crippen LogP contribution is -2.51. The van der Waals surface area contributed by atoms with Crippen LogP contribution in [0.4, 0.5) is 17.1 Å². The molecule has 22 nitrogen and oxygen atoms in total. The van der Waals surface area contributed by atoms with Crippen LogP contribution in [0.25, 0.3) is 65.4 Å². The summed E-state index contributed by atoms with van der Waals surface area (Å²) >= 11 is 0. The molecule has 0 bridgehead atoms. The summed E-state index contributed by atoms with van der Waals surface area (Å²) in [5, 5.41) is 37.9. The maximum Gasteiger partial charge on any atom is 0.253 e. The molecule has 3 amide bonds. The van der Waals surface area contributed by atoms with Gasteiger partial charge in [-0.25, -0.2) is 0 Å². The smallest absolute Gasteiger partial charge is 0.253 e. The molecule has 0 radical (unpaired) electrons. The third-order valence-electron chi connectivity index (χ3n) is 25.5. The second kappa shape index (κ2) is 35.8. The minimum Gasteiger partial charge on any atom is -0.367 e. The van der Waals surface area contributed by atoms with Gasteiger partial charge in [-0.05, 0) is 208 Å². The lowest BCUT2D eigenvalue weighted by Gasteiger charge is -2.43. The van der Waals surface area contributed by atoms with E-state index < -0.39 is 0 Å². The fraction of sp³-hybridized carbons (Fsp3) is 0.396. The maximum atomic E-state index is 12.8. The number of benzene rings is 6. The summed E-state index contributed by atoms with van der Waals surface area (Å²) in [6, 6.07) is 49.8. The van der Waals surface area contributed by atoms with Gasteiger partial charge in [0.25, 0.3) is 17.7 Å². The number of piperazine rings is 3. The van der Waals surface area contributed by atoms with Gasteiger partial charge >= 0.3 is 0 Å². The van der Waals surface area contributed by atoms with E-state index in [2.05, 4.69) is 134 Å². The van der Waals surface area contributed by atoms with Crippen molar-refractivity contribution in [1.29, 1.82) is 15.8 Å². The highest BCUT2D eigenvalue weighted by Gasteiger charge is 2.34. The Kier molecular flexibility index (Phi) is 24.7. The molecule has 1 N–H and O–H groups in total.